The maximum Gasteiger partial charge on any atom is 0.490 e. The van der Waals surface area contributed by atoms with Crippen LogP contribution in [-0.2, 0) is 26.2 Å². The van der Waals surface area contributed by atoms with Crippen LogP contribution >= 0.6 is 0 Å². The van der Waals surface area contributed by atoms with Gasteiger partial charge in [0.1, 0.15) is 0 Å². The Morgan fingerprint density at radius 3 is 2.28 bits per heavy atom. The molecule has 8 nitrogen and oxygen atoms in total. The molecule has 4 rings (SSSR count). The van der Waals surface area contributed by atoms with Crippen molar-refractivity contribution in [2.75, 3.05) is 19.6 Å². The fraction of sp³-hybridized carbons (Fsp3) is 0.350. The average molecular weight is 471 g/mol. The highest BCUT2D eigenvalue weighted by Crippen LogP contribution is 2.35. The van der Waals surface area contributed by atoms with Crippen LogP contribution in [0.5, 0.6) is 0 Å². The van der Waals surface area contributed by atoms with E-state index in [0.29, 0.717) is 19.6 Å². The number of benzene rings is 1. The van der Waals surface area contributed by atoms with Gasteiger partial charge in [-0.05, 0) is 23.8 Å². The number of halogens is 3. The first kappa shape index (κ1) is 23.7. The quantitative estimate of drug-likeness (QED) is 0.731. The van der Waals surface area contributed by atoms with Crippen LogP contribution < -0.4 is 0 Å². The van der Waals surface area contributed by atoms with Gasteiger partial charge in [-0.15, -0.1) is 0 Å². The number of likely N-dealkylation sites (tertiary alicyclic amines) is 1. The van der Waals surface area contributed by atoms with Gasteiger partial charge in [0.25, 0.3) is 0 Å². The normalized spacial score (nSPS) is 21.1. The predicted octanol–water partition coefficient (Wildman–Crippen LogP) is 1.99. The Bertz CT molecular complexity index is 1060. The third-order valence-corrected chi connectivity index (χ3v) is 7.06. The van der Waals surface area contributed by atoms with Crippen LogP contribution in [0.25, 0.3) is 0 Å². The van der Waals surface area contributed by atoms with E-state index in [0.717, 1.165) is 5.56 Å². The molecule has 0 saturated carbocycles. The number of alkyl halides is 3. The van der Waals surface area contributed by atoms with Gasteiger partial charge in [-0.25, -0.2) is 13.2 Å². The largest absolute Gasteiger partial charge is 0.490 e. The van der Waals surface area contributed by atoms with Crippen molar-refractivity contribution in [3.63, 3.8) is 0 Å². The highest BCUT2D eigenvalue weighted by atomic mass is 32.2. The van der Waals surface area contributed by atoms with E-state index < -0.39 is 22.2 Å². The van der Waals surface area contributed by atoms with Crippen LogP contribution in [0.15, 0.2) is 59.8 Å². The van der Waals surface area contributed by atoms with Crippen molar-refractivity contribution in [3.05, 3.63) is 60.4 Å². The smallest absolute Gasteiger partial charge is 0.475 e. The predicted molar refractivity (Wildman–Crippen MR) is 106 cm³/mol. The summed E-state index contributed by atoms with van der Waals surface area (Å²) in [6.07, 6.45) is -1.62. The van der Waals surface area contributed by atoms with Crippen LogP contribution in [0.1, 0.15) is 5.56 Å². The number of sulfonamides is 1. The highest BCUT2D eigenvalue weighted by molar-refractivity contribution is 7.89. The zero-order chi connectivity index (χ0) is 23.5. The number of carboxylic acid groups (broad SMARTS) is 1. The van der Waals surface area contributed by atoms with Gasteiger partial charge < -0.3 is 10.0 Å². The minimum Gasteiger partial charge on any atom is -0.475 e. The van der Waals surface area contributed by atoms with Crippen molar-refractivity contribution in [2.45, 2.75) is 17.6 Å². The number of carboxylic acids is 1. The molecule has 1 aromatic carbocycles. The second-order valence-electron chi connectivity index (χ2n) is 7.38. The van der Waals surface area contributed by atoms with Gasteiger partial charge in [-0.3, -0.25) is 9.78 Å². The van der Waals surface area contributed by atoms with E-state index in [4.69, 9.17) is 9.90 Å². The summed E-state index contributed by atoms with van der Waals surface area (Å²) in [6, 6.07) is 12.2. The van der Waals surface area contributed by atoms with Crippen LogP contribution in [0.4, 0.5) is 13.2 Å². The monoisotopic (exact) mass is 471 g/mol. The van der Waals surface area contributed by atoms with Gasteiger partial charge in [0.05, 0.1) is 10.8 Å². The Morgan fingerprint density at radius 2 is 1.75 bits per heavy atom. The molecule has 12 heteroatoms. The third kappa shape index (κ3) is 5.25. The second-order valence-corrected chi connectivity index (χ2v) is 9.32. The van der Waals surface area contributed by atoms with E-state index in [-0.39, 0.29) is 29.2 Å². The average Bonchev–Trinajstić information content (AvgIpc) is 3.29. The summed E-state index contributed by atoms with van der Waals surface area (Å²) >= 11 is 0. The summed E-state index contributed by atoms with van der Waals surface area (Å²) in [5.74, 6) is -2.90. The van der Waals surface area contributed by atoms with Crippen LogP contribution in [0.3, 0.4) is 0 Å². The van der Waals surface area contributed by atoms with Crippen molar-refractivity contribution in [3.8, 4) is 0 Å². The first-order chi connectivity index (χ1) is 15.0. The van der Waals surface area contributed by atoms with E-state index in [1.807, 2.05) is 17.0 Å². The van der Waals surface area contributed by atoms with Gasteiger partial charge in [-0.1, -0.05) is 24.3 Å². The molecule has 3 heterocycles. The fourth-order valence-electron chi connectivity index (χ4n) is 3.70. The number of fused-ring (bicyclic) bond motifs is 1. The molecular weight excluding hydrogens is 451 g/mol. The Morgan fingerprint density at radius 1 is 1.09 bits per heavy atom. The maximum absolute atomic E-state index is 12.7. The number of rotatable bonds is 4. The van der Waals surface area contributed by atoms with Crippen molar-refractivity contribution in [1.29, 1.82) is 0 Å². The molecule has 2 aliphatic rings. The summed E-state index contributed by atoms with van der Waals surface area (Å²) in [5.41, 5.74) is 0.990. The standard InChI is InChI=1S/C18H19N3O3S.C2HF3O2/c22-18-17-13-21(25(23,24)16-6-2-1-3-7-16)12-15(17)11-20(18)10-14-5-4-8-19-9-14;3-2(4,5)1(6)7/h1-9,15,17H,10-13H2;(H,6,7)/t15-,17+;/m1./s1. The van der Waals surface area contributed by atoms with E-state index >= 15 is 0 Å². The Balaban J connectivity index is 0.000000360. The molecule has 0 radical (unpaired) electrons. The topological polar surface area (TPSA) is 108 Å². The number of carbonyl (C=O) groups is 2. The lowest BCUT2D eigenvalue weighted by Gasteiger charge is -2.21. The van der Waals surface area contributed by atoms with Crippen molar-refractivity contribution in [2.24, 2.45) is 11.8 Å². The summed E-state index contributed by atoms with van der Waals surface area (Å²) in [5, 5.41) is 7.12. The van der Waals surface area contributed by atoms with Crippen LogP contribution in [0, 0.1) is 11.8 Å². The summed E-state index contributed by atoms with van der Waals surface area (Å²) in [7, 11) is -3.53. The molecule has 0 aliphatic carbocycles. The molecule has 2 saturated heterocycles. The first-order valence-corrected chi connectivity index (χ1v) is 11.0. The fourth-order valence-corrected chi connectivity index (χ4v) is 5.24. The lowest BCUT2D eigenvalue weighted by Crippen LogP contribution is -2.35. The van der Waals surface area contributed by atoms with Gasteiger partial charge in [-0.2, -0.15) is 17.5 Å². The van der Waals surface area contributed by atoms with Gasteiger partial charge in [0.15, 0.2) is 0 Å². The molecule has 0 unspecified atom stereocenters. The number of hydrogen-bond acceptors (Lipinski definition) is 5. The molecule has 2 aromatic rings. The van der Waals surface area contributed by atoms with Crippen LogP contribution in [0.2, 0.25) is 0 Å². The second kappa shape index (κ2) is 9.25. The third-order valence-electron chi connectivity index (χ3n) is 5.21. The molecule has 2 fully saturated rings. The first-order valence-electron chi connectivity index (χ1n) is 9.53. The van der Waals surface area contributed by atoms with Crippen LogP contribution in [-0.4, -0.2) is 65.4 Å². The van der Waals surface area contributed by atoms with E-state index in [2.05, 4.69) is 4.98 Å². The number of aromatic nitrogens is 1. The highest BCUT2D eigenvalue weighted by Gasteiger charge is 2.49. The molecule has 1 N–H and O–H groups in total. The van der Waals surface area contributed by atoms with E-state index in [9.17, 15) is 26.4 Å². The molecule has 1 amide bonds. The molecule has 0 spiro atoms. The number of amides is 1. The Hall–Kier alpha value is -2.99. The minimum atomic E-state index is -5.08. The summed E-state index contributed by atoms with van der Waals surface area (Å²) in [6.45, 7) is 1.80. The molecule has 2 atom stereocenters. The Labute approximate surface area is 182 Å². The van der Waals surface area contributed by atoms with E-state index in [1.165, 1.54) is 4.31 Å². The Kier molecular flexibility index (Phi) is 6.84. The summed E-state index contributed by atoms with van der Waals surface area (Å²) in [4.78, 5) is 27.8. The zero-order valence-electron chi connectivity index (χ0n) is 16.6. The maximum atomic E-state index is 12.7. The molecule has 1 aromatic heterocycles. The number of carbonyl (C=O) groups excluding carboxylic acids is 1. The molecule has 172 valence electrons. The van der Waals surface area contributed by atoms with Crippen molar-refractivity contribution >= 4 is 21.9 Å². The van der Waals surface area contributed by atoms with Gasteiger partial charge >= 0.3 is 12.1 Å². The number of nitrogens with zero attached hydrogens (tertiary/aromatic N) is 3. The lowest BCUT2D eigenvalue weighted by atomic mass is 10.0. The number of hydrogen-bond donors (Lipinski definition) is 1. The van der Waals surface area contributed by atoms with Gasteiger partial charge in [0, 0.05) is 44.5 Å². The number of pyridine rings is 1. The van der Waals surface area contributed by atoms with E-state index in [1.54, 1.807) is 42.7 Å². The zero-order valence-corrected chi connectivity index (χ0v) is 17.5. The van der Waals surface area contributed by atoms with Gasteiger partial charge in [0.2, 0.25) is 15.9 Å². The molecular formula is C20H20F3N3O5S. The number of aliphatic carboxylic acids is 1. The lowest BCUT2D eigenvalue weighted by molar-refractivity contribution is -0.192. The van der Waals surface area contributed by atoms with Crippen molar-refractivity contribution in [1.82, 2.24) is 14.2 Å². The summed E-state index contributed by atoms with van der Waals surface area (Å²) < 4.78 is 58.7. The molecule has 2 aliphatic heterocycles. The molecule has 32 heavy (non-hydrogen) atoms. The molecule has 0 bridgehead atoms. The minimum absolute atomic E-state index is 0.0413. The SMILES string of the molecule is O=C(O)C(F)(F)F.O=C1[C@H]2CN(S(=O)(=O)c3ccccc3)C[C@H]2CN1Cc1cccnc1. The van der Waals surface area contributed by atoms with Crippen molar-refractivity contribution < 1.29 is 36.3 Å².